The third kappa shape index (κ3) is 6.32. The smallest absolute Gasteiger partial charge is 0.228 e. The minimum atomic E-state index is -0.0449. The van der Waals surface area contributed by atoms with Gasteiger partial charge in [-0.05, 0) is 92.8 Å². The van der Waals surface area contributed by atoms with E-state index >= 15 is 0 Å². The Balaban J connectivity index is 1.15. The number of piperidine rings is 1. The summed E-state index contributed by atoms with van der Waals surface area (Å²) in [5.74, 6) is 2.35. The summed E-state index contributed by atoms with van der Waals surface area (Å²) in [4.78, 5) is 15.3. The number of hydrogen-bond acceptors (Lipinski definition) is 4. The molecule has 186 valence electrons. The second-order valence-corrected chi connectivity index (χ2v) is 9.80. The number of carbonyl (C=O) groups is 1. The number of para-hydroxylation sites is 1. The molecule has 1 N–H and O–H groups in total. The third-order valence-corrected chi connectivity index (χ3v) is 6.92. The Bertz CT molecular complexity index is 1280. The molecule has 0 spiro atoms. The number of amides is 1. The number of nitrogens with zero attached hydrogens (tertiary/aromatic N) is 3. The largest absolute Gasteiger partial charge is 0.457 e. The van der Waals surface area contributed by atoms with Crippen LogP contribution in [0.15, 0.2) is 79.0 Å². The van der Waals surface area contributed by atoms with Crippen LogP contribution in [-0.4, -0.2) is 40.2 Å². The van der Waals surface area contributed by atoms with Gasteiger partial charge in [0.25, 0.3) is 0 Å². The zero-order chi connectivity index (χ0) is 24.7. The summed E-state index contributed by atoms with van der Waals surface area (Å²) in [6.45, 7) is 6.76. The van der Waals surface area contributed by atoms with Gasteiger partial charge in [0.1, 0.15) is 11.5 Å². The van der Waals surface area contributed by atoms with Gasteiger partial charge in [-0.1, -0.05) is 37.3 Å². The molecule has 6 nitrogen and oxygen atoms in total. The fourth-order valence-corrected chi connectivity index (χ4v) is 4.75. The van der Waals surface area contributed by atoms with Crippen LogP contribution in [0.25, 0.3) is 10.9 Å². The van der Waals surface area contributed by atoms with Crippen molar-refractivity contribution in [3.05, 3.63) is 84.6 Å². The lowest BCUT2D eigenvalue weighted by atomic mass is 9.99. The first-order valence-electron chi connectivity index (χ1n) is 12.9. The van der Waals surface area contributed by atoms with E-state index in [4.69, 9.17) is 4.74 Å². The van der Waals surface area contributed by atoms with E-state index < -0.39 is 0 Å². The molecule has 1 saturated heterocycles. The molecule has 1 fully saturated rings. The number of carbonyl (C=O) groups excluding carboxylic acids is 1. The zero-order valence-corrected chi connectivity index (χ0v) is 20.9. The molecule has 0 aliphatic carbocycles. The summed E-state index contributed by atoms with van der Waals surface area (Å²) < 4.78 is 7.89. The van der Waals surface area contributed by atoms with E-state index in [0.717, 1.165) is 59.1 Å². The maximum absolute atomic E-state index is 12.7. The fraction of sp³-hybridized carbons (Fsp3) is 0.333. The van der Waals surface area contributed by atoms with Crippen molar-refractivity contribution < 1.29 is 9.53 Å². The molecule has 36 heavy (non-hydrogen) atoms. The number of likely N-dealkylation sites (tertiary alicyclic amines) is 1. The van der Waals surface area contributed by atoms with Crippen LogP contribution in [0.1, 0.15) is 31.7 Å². The van der Waals surface area contributed by atoms with Crippen LogP contribution >= 0.6 is 0 Å². The van der Waals surface area contributed by atoms with Crippen molar-refractivity contribution in [2.75, 3.05) is 25.0 Å². The quantitative estimate of drug-likeness (QED) is 0.312. The molecule has 1 aliphatic heterocycles. The van der Waals surface area contributed by atoms with Crippen LogP contribution in [0.3, 0.4) is 0 Å². The summed E-state index contributed by atoms with van der Waals surface area (Å²) in [5.41, 5.74) is 2.79. The predicted octanol–water partition coefficient (Wildman–Crippen LogP) is 6.13. The second-order valence-electron chi connectivity index (χ2n) is 9.80. The van der Waals surface area contributed by atoms with Crippen LogP contribution in [0, 0.1) is 5.92 Å². The standard InChI is InChI=1S/C30H34N4O2/c1-23-14-18-33(19-15-23)16-5-17-34-29-21-26(11-10-25(29)22-31-34)32-30(35)20-24-8-12-28(13-9-24)36-27-6-3-2-4-7-27/h2-4,6-13,21-23H,5,14-20H2,1H3,(H,32,35). The Morgan fingerprint density at radius 2 is 1.72 bits per heavy atom. The molecule has 0 atom stereocenters. The molecule has 6 heteroatoms. The number of nitrogens with one attached hydrogen (secondary N) is 1. The highest BCUT2D eigenvalue weighted by molar-refractivity contribution is 5.94. The van der Waals surface area contributed by atoms with E-state index in [0.29, 0.717) is 6.42 Å². The zero-order valence-electron chi connectivity index (χ0n) is 20.9. The van der Waals surface area contributed by atoms with E-state index in [1.165, 1.54) is 25.9 Å². The number of aryl methyl sites for hydroxylation is 1. The van der Waals surface area contributed by atoms with Crippen LogP contribution < -0.4 is 10.1 Å². The molecule has 4 aromatic rings. The molecule has 5 rings (SSSR count). The number of rotatable bonds is 9. The minimum absolute atomic E-state index is 0.0449. The van der Waals surface area contributed by atoms with Crippen molar-refractivity contribution >= 4 is 22.5 Å². The monoisotopic (exact) mass is 482 g/mol. The first-order chi connectivity index (χ1) is 17.6. The predicted molar refractivity (Wildman–Crippen MR) is 144 cm³/mol. The van der Waals surface area contributed by atoms with Gasteiger partial charge in [0, 0.05) is 17.6 Å². The highest BCUT2D eigenvalue weighted by Gasteiger charge is 2.15. The van der Waals surface area contributed by atoms with Gasteiger partial charge in [-0.15, -0.1) is 0 Å². The molecule has 1 aliphatic rings. The molecule has 0 bridgehead atoms. The Hall–Kier alpha value is -3.64. The van der Waals surface area contributed by atoms with E-state index in [1.54, 1.807) is 0 Å². The van der Waals surface area contributed by atoms with E-state index in [1.807, 2.05) is 79.0 Å². The normalized spacial score (nSPS) is 14.7. The summed E-state index contributed by atoms with van der Waals surface area (Å²) >= 11 is 0. The molecule has 0 unspecified atom stereocenters. The molecule has 2 heterocycles. The molecular weight excluding hydrogens is 448 g/mol. The first kappa shape index (κ1) is 24.1. The van der Waals surface area contributed by atoms with Crippen LogP contribution in [0.5, 0.6) is 11.5 Å². The van der Waals surface area contributed by atoms with Gasteiger partial charge in [-0.25, -0.2) is 0 Å². The lowest BCUT2D eigenvalue weighted by molar-refractivity contribution is -0.115. The number of fused-ring (bicyclic) bond motifs is 1. The third-order valence-electron chi connectivity index (χ3n) is 6.92. The van der Waals surface area contributed by atoms with Crippen molar-refractivity contribution in [1.82, 2.24) is 14.7 Å². The lowest BCUT2D eigenvalue weighted by Gasteiger charge is -2.30. The van der Waals surface area contributed by atoms with E-state index in [-0.39, 0.29) is 5.91 Å². The lowest BCUT2D eigenvalue weighted by Crippen LogP contribution is -2.34. The highest BCUT2D eigenvalue weighted by atomic mass is 16.5. The number of ether oxygens (including phenoxy) is 1. The van der Waals surface area contributed by atoms with E-state index in [9.17, 15) is 4.79 Å². The van der Waals surface area contributed by atoms with Gasteiger partial charge < -0.3 is 15.0 Å². The topological polar surface area (TPSA) is 59.4 Å². The van der Waals surface area contributed by atoms with Gasteiger partial charge in [-0.3, -0.25) is 9.48 Å². The number of anilines is 1. The van der Waals surface area contributed by atoms with Crippen molar-refractivity contribution in [2.24, 2.45) is 5.92 Å². The van der Waals surface area contributed by atoms with Gasteiger partial charge in [0.05, 0.1) is 18.1 Å². The number of aromatic nitrogens is 2. The maximum atomic E-state index is 12.7. The highest BCUT2D eigenvalue weighted by Crippen LogP contribution is 2.23. The molecule has 1 amide bonds. The van der Waals surface area contributed by atoms with Crippen molar-refractivity contribution in [2.45, 2.75) is 39.2 Å². The average molecular weight is 483 g/mol. The summed E-state index contributed by atoms with van der Waals surface area (Å²) in [5, 5.41) is 8.73. The molecule has 0 radical (unpaired) electrons. The Morgan fingerprint density at radius 3 is 2.50 bits per heavy atom. The maximum Gasteiger partial charge on any atom is 0.228 e. The first-order valence-corrected chi connectivity index (χ1v) is 12.9. The molecule has 1 aromatic heterocycles. The van der Waals surface area contributed by atoms with Crippen LogP contribution in [0.4, 0.5) is 5.69 Å². The van der Waals surface area contributed by atoms with Gasteiger partial charge in [0.15, 0.2) is 0 Å². The van der Waals surface area contributed by atoms with Crippen LogP contribution in [-0.2, 0) is 17.8 Å². The van der Waals surface area contributed by atoms with Crippen LogP contribution in [0.2, 0.25) is 0 Å². The fourth-order valence-electron chi connectivity index (χ4n) is 4.75. The SMILES string of the molecule is CC1CCN(CCCn2ncc3ccc(NC(=O)Cc4ccc(Oc5ccccc5)cc4)cc32)CC1. The summed E-state index contributed by atoms with van der Waals surface area (Å²) in [6, 6.07) is 23.3. The second kappa shape index (κ2) is 11.4. The molecule has 3 aromatic carbocycles. The Kier molecular flexibility index (Phi) is 7.62. The summed E-state index contributed by atoms with van der Waals surface area (Å²) in [6.07, 6.45) is 5.89. The number of hydrogen-bond donors (Lipinski definition) is 1. The van der Waals surface area contributed by atoms with E-state index in [2.05, 4.69) is 26.9 Å². The molecule has 0 saturated carbocycles. The minimum Gasteiger partial charge on any atom is -0.457 e. The van der Waals surface area contributed by atoms with Gasteiger partial charge in [0.2, 0.25) is 5.91 Å². The van der Waals surface area contributed by atoms with Gasteiger partial charge in [-0.2, -0.15) is 5.10 Å². The Labute approximate surface area is 212 Å². The molecular formula is C30H34N4O2. The van der Waals surface area contributed by atoms with Gasteiger partial charge >= 0.3 is 0 Å². The summed E-state index contributed by atoms with van der Waals surface area (Å²) in [7, 11) is 0. The Morgan fingerprint density at radius 1 is 0.972 bits per heavy atom. The average Bonchev–Trinajstić information content (AvgIpc) is 3.29. The number of benzene rings is 3. The van der Waals surface area contributed by atoms with Crippen molar-refractivity contribution in [1.29, 1.82) is 0 Å². The van der Waals surface area contributed by atoms with Crippen molar-refractivity contribution in [3.8, 4) is 11.5 Å². The van der Waals surface area contributed by atoms with Crippen molar-refractivity contribution in [3.63, 3.8) is 0 Å².